The van der Waals surface area contributed by atoms with Crippen molar-refractivity contribution in [3.05, 3.63) is 45.7 Å². The SMILES string of the molecule is CC(NCc1cnc(N(C)C)n1C)c1ccc(Cl)c(Cl)c1. The fraction of sp³-hybridized carbons (Fsp3) is 0.400. The number of benzene rings is 1. The van der Waals surface area contributed by atoms with Crippen molar-refractivity contribution in [3.8, 4) is 0 Å². The molecule has 0 aliphatic rings. The molecule has 1 heterocycles. The highest BCUT2D eigenvalue weighted by molar-refractivity contribution is 6.42. The van der Waals surface area contributed by atoms with Crippen LogP contribution in [0, 0.1) is 0 Å². The van der Waals surface area contributed by atoms with E-state index in [9.17, 15) is 0 Å². The summed E-state index contributed by atoms with van der Waals surface area (Å²) in [5.41, 5.74) is 2.24. The lowest BCUT2D eigenvalue weighted by atomic mass is 10.1. The first-order valence-electron chi connectivity index (χ1n) is 6.76. The minimum atomic E-state index is 0.178. The topological polar surface area (TPSA) is 33.1 Å². The summed E-state index contributed by atoms with van der Waals surface area (Å²) in [4.78, 5) is 6.39. The van der Waals surface area contributed by atoms with Gasteiger partial charge in [0.25, 0.3) is 0 Å². The first-order valence-corrected chi connectivity index (χ1v) is 7.52. The maximum absolute atomic E-state index is 6.06. The van der Waals surface area contributed by atoms with Crippen molar-refractivity contribution in [1.29, 1.82) is 0 Å². The van der Waals surface area contributed by atoms with Crippen LogP contribution in [0.4, 0.5) is 5.95 Å². The van der Waals surface area contributed by atoms with Gasteiger partial charge in [0, 0.05) is 33.7 Å². The number of anilines is 1. The molecule has 1 unspecified atom stereocenters. The molecule has 2 aromatic rings. The fourth-order valence-corrected chi connectivity index (χ4v) is 2.48. The van der Waals surface area contributed by atoms with E-state index in [0.29, 0.717) is 10.0 Å². The molecule has 0 saturated heterocycles. The summed E-state index contributed by atoms with van der Waals surface area (Å²) in [5.74, 6) is 0.939. The van der Waals surface area contributed by atoms with Crippen LogP contribution in [0.15, 0.2) is 24.4 Å². The Bertz CT molecular complexity index is 622. The van der Waals surface area contributed by atoms with Crippen LogP contribution in [0.1, 0.15) is 24.2 Å². The molecule has 1 aromatic heterocycles. The van der Waals surface area contributed by atoms with E-state index in [1.54, 1.807) is 0 Å². The molecule has 114 valence electrons. The summed E-state index contributed by atoms with van der Waals surface area (Å²) in [6.45, 7) is 2.83. The van der Waals surface area contributed by atoms with Gasteiger partial charge in [-0.05, 0) is 24.6 Å². The van der Waals surface area contributed by atoms with Gasteiger partial charge in [-0.1, -0.05) is 29.3 Å². The quantitative estimate of drug-likeness (QED) is 0.910. The zero-order valence-electron chi connectivity index (χ0n) is 12.7. The maximum Gasteiger partial charge on any atom is 0.204 e. The Labute approximate surface area is 135 Å². The van der Waals surface area contributed by atoms with Crippen LogP contribution in [-0.4, -0.2) is 23.6 Å². The molecular formula is C15H20Cl2N4. The lowest BCUT2D eigenvalue weighted by Crippen LogP contribution is -2.20. The Morgan fingerprint density at radius 2 is 2.00 bits per heavy atom. The molecule has 0 saturated carbocycles. The van der Waals surface area contributed by atoms with Crippen molar-refractivity contribution >= 4 is 29.2 Å². The van der Waals surface area contributed by atoms with Crippen LogP contribution < -0.4 is 10.2 Å². The highest BCUT2D eigenvalue weighted by atomic mass is 35.5. The van der Waals surface area contributed by atoms with Gasteiger partial charge in [-0.15, -0.1) is 0 Å². The molecule has 1 N–H and O–H groups in total. The Morgan fingerprint density at radius 1 is 1.29 bits per heavy atom. The normalized spacial score (nSPS) is 12.5. The van der Waals surface area contributed by atoms with Crippen molar-refractivity contribution in [1.82, 2.24) is 14.9 Å². The molecule has 4 nitrogen and oxygen atoms in total. The lowest BCUT2D eigenvalue weighted by molar-refractivity contribution is 0.558. The van der Waals surface area contributed by atoms with Gasteiger partial charge < -0.3 is 14.8 Å². The van der Waals surface area contributed by atoms with Crippen molar-refractivity contribution < 1.29 is 0 Å². The molecule has 0 aliphatic carbocycles. The van der Waals surface area contributed by atoms with Crippen LogP contribution >= 0.6 is 23.2 Å². The third-order valence-electron chi connectivity index (χ3n) is 3.49. The van der Waals surface area contributed by atoms with Gasteiger partial charge in [-0.2, -0.15) is 0 Å². The number of rotatable bonds is 5. The molecule has 0 spiro atoms. The van der Waals surface area contributed by atoms with Gasteiger partial charge in [-0.25, -0.2) is 4.98 Å². The zero-order valence-corrected chi connectivity index (χ0v) is 14.2. The van der Waals surface area contributed by atoms with Gasteiger partial charge in [0.1, 0.15) is 0 Å². The van der Waals surface area contributed by atoms with Crippen molar-refractivity contribution in [3.63, 3.8) is 0 Å². The third-order valence-corrected chi connectivity index (χ3v) is 4.23. The fourth-order valence-electron chi connectivity index (χ4n) is 2.17. The number of halogens is 2. The van der Waals surface area contributed by atoms with E-state index in [1.165, 1.54) is 0 Å². The summed E-state index contributed by atoms with van der Waals surface area (Å²) >= 11 is 12.0. The maximum atomic E-state index is 6.06. The number of hydrogen-bond donors (Lipinski definition) is 1. The molecule has 0 amide bonds. The molecule has 21 heavy (non-hydrogen) atoms. The minimum absolute atomic E-state index is 0.178. The predicted molar refractivity (Wildman–Crippen MR) is 89.3 cm³/mol. The summed E-state index contributed by atoms with van der Waals surface area (Å²) in [5, 5.41) is 4.63. The first-order chi connectivity index (χ1) is 9.90. The average molecular weight is 327 g/mol. The van der Waals surface area contributed by atoms with E-state index in [-0.39, 0.29) is 6.04 Å². The predicted octanol–water partition coefficient (Wildman–Crippen LogP) is 3.64. The summed E-state index contributed by atoms with van der Waals surface area (Å²) < 4.78 is 2.08. The molecular weight excluding hydrogens is 307 g/mol. The minimum Gasteiger partial charge on any atom is -0.348 e. The van der Waals surface area contributed by atoms with Crippen LogP contribution in [0.5, 0.6) is 0 Å². The monoisotopic (exact) mass is 326 g/mol. The summed E-state index contributed by atoms with van der Waals surface area (Å²) in [6.07, 6.45) is 1.89. The number of imidazole rings is 1. The van der Waals surface area contributed by atoms with Gasteiger partial charge >= 0.3 is 0 Å². The first kappa shape index (κ1) is 16.1. The van der Waals surface area contributed by atoms with E-state index in [4.69, 9.17) is 23.2 Å². The number of hydrogen-bond acceptors (Lipinski definition) is 3. The molecule has 0 fully saturated rings. The van der Waals surface area contributed by atoms with E-state index in [1.807, 2.05) is 50.4 Å². The zero-order chi connectivity index (χ0) is 15.6. The summed E-state index contributed by atoms with van der Waals surface area (Å²) in [6, 6.07) is 5.89. The van der Waals surface area contributed by atoms with Gasteiger partial charge in [-0.3, -0.25) is 0 Å². The molecule has 2 rings (SSSR count). The Morgan fingerprint density at radius 3 is 2.57 bits per heavy atom. The van der Waals surface area contributed by atoms with Crippen molar-refractivity contribution in [2.24, 2.45) is 7.05 Å². The third kappa shape index (κ3) is 3.70. The van der Waals surface area contributed by atoms with Gasteiger partial charge in [0.05, 0.1) is 21.9 Å². The van der Waals surface area contributed by atoms with Crippen LogP contribution in [-0.2, 0) is 13.6 Å². The van der Waals surface area contributed by atoms with Gasteiger partial charge in [0.2, 0.25) is 5.95 Å². The molecule has 0 bridgehead atoms. The lowest BCUT2D eigenvalue weighted by Gasteiger charge is -2.16. The molecule has 1 aromatic carbocycles. The second-order valence-corrected chi connectivity index (χ2v) is 6.09. The average Bonchev–Trinajstić information content (AvgIpc) is 2.80. The number of nitrogens with zero attached hydrogens (tertiary/aromatic N) is 3. The van der Waals surface area contributed by atoms with Gasteiger partial charge in [0.15, 0.2) is 0 Å². The van der Waals surface area contributed by atoms with E-state index in [2.05, 4.69) is 21.8 Å². The molecule has 1 atom stereocenters. The standard InChI is InChI=1S/C15H20Cl2N4/c1-10(11-5-6-13(16)14(17)7-11)18-8-12-9-19-15(20(2)3)21(12)4/h5-7,9-10,18H,8H2,1-4H3. The molecule has 6 heteroatoms. The van der Waals surface area contributed by atoms with Crippen LogP contribution in [0.2, 0.25) is 10.0 Å². The van der Waals surface area contributed by atoms with Crippen LogP contribution in [0.25, 0.3) is 0 Å². The number of nitrogens with one attached hydrogen (secondary N) is 1. The highest BCUT2D eigenvalue weighted by Crippen LogP contribution is 2.25. The van der Waals surface area contributed by atoms with Crippen molar-refractivity contribution in [2.75, 3.05) is 19.0 Å². The largest absolute Gasteiger partial charge is 0.348 e. The molecule has 0 aliphatic heterocycles. The second kappa shape index (κ2) is 6.69. The summed E-state index contributed by atoms with van der Waals surface area (Å²) in [7, 11) is 5.99. The van der Waals surface area contributed by atoms with E-state index in [0.717, 1.165) is 23.8 Å². The second-order valence-electron chi connectivity index (χ2n) is 5.28. The Hall–Kier alpha value is -1.23. The van der Waals surface area contributed by atoms with E-state index >= 15 is 0 Å². The van der Waals surface area contributed by atoms with Crippen molar-refractivity contribution in [2.45, 2.75) is 19.5 Å². The van der Waals surface area contributed by atoms with E-state index < -0.39 is 0 Å². The number of aromatic nitrogens is 2. The molecule has 0 radical (unpaired) electrons. The Kier molecular flexibility index (Phi) is 5.14. The smallest absolute Gasteiger partial charge is 0.204 e. The highest BCUT2D eigenvalue weighted by Gasteiger charge is 2.11. The Balaban J connectivity index is 2.04. The van der Waals surface area contributed by atoms with Crippen LogP contribution in [0.3, 0.4) is 0 Å².